The predicted octanol–water partition coefficient (Wildman–Crippen LogP) is 2.85. The van der Waals surface area contributed by atoms with Gasteiger partial charge in [0, 0.05) is 11.1 Å². The number of para-hydroxylation sites is 2. The number of carbonyl (C=O) groups is 1. The molecule has 2 atom stereocenters. The molecule has 0 saturated heterocycles. The number of nitrogens with zero attached hydrogens (tertiary/aromatic N) is 3. The largest absolute Gasteiger partial charge is 0.388 e. The molecule has 2 N–H and O–H groups in total. The average Bonchev–Trinajstić information content (AvgIpc) is 3.15. The highest BCUT2D eigenvalue weighted by Gasteiger charge is 2.60. The van der Waals surface area contributed by atoms with Crippen LogP contribution in [0, 0.1) is 16.7 Å². The van der Waals surface area contributed by atoms with Gasteiger partial charge in [0.1, 0.15) is 19.0 Å². The van der Waals surface area contributed by atoms with E-state index >= 15 is 0 Å². The van der Waals surface area contributed by atoms with Crippen molar-refractivity contribution in [3.05, 3.63) is 30.1 Å². The molecular formula is C20H26N4O2. The third kappa shape index (κ3) is 2.39. The van der Waals surface area contributed by atoms with E-state index in [0.29, 0.717) is 11.7 Å². The Balaban J connectivity index is 1.53. The van der Waals surface area contributed by atoms with E-state index in [1.807, 2.05) is 24.3 Å². The summed E-state index contributed by atoms with van der Waals surface area (Å²) in [7, 11) is 0. The predicted molar refractivity (Wildman–Crippen MR) is 100 cm³/mol. The molecule has 6 heteroatoms. The van der Waals surface area contributed by atoms with Gasteiger partial charge in [-0.05, 0) is 42.7 Å². The van der Waals surface area contributed by atoms with Crippen LogP contribution in [0.3, 0.4) is 0 Å². The summed E-state index contributed by atoms with van der Waals surface area (Å²) in [6.45, 7) is 6.81. The highest BCUT2D eigenvalue weighted by Crippen LogP contribution is 2.63. The molecule has 1 heterocycles. The fourth-order valence-corrected chi connectivity index (χ4v) is 4.83. The van der Waals surface area contributed by atoms with Crippen molar-refractivity contribution in [2.45, 2.75) is 53.2 Å². The fourth-order valence-electron chi connectivity index (χ4n) is 4.83. The molecule has 2 fully saturated rings. The Kier molecular flexibility index (Phi) is 3.91. The number of fused-ring (bicyclic) bond motifs is 3. The van der Waals surface area contributed by atoms with Crippen LogP contribution in [0.1, 0.15) is 45.9 Å². The summed E-state index contributed by atoms with van der Waals surface area (Å²) in [6, 6.07) is 7.57. The summed E-state index contributed by atoms with van der Waals surface area (Å²) in [6.07, 6.45) is 3.36. The number of rotatable bonds is 4. The van der Waals surface area contributed by atoms with E-state index < -0.39 is 0 Å². The molecule has 2 aliphatic rings. The van der Waals surface area contributed by atoms with Crippen LogP contribution in [0.5, 0.6) is 0 Å². The molecule has 0 radical (unpaired) electrons. The number of benzene rings is 1. The quantitative estimate of drug-likeness (QED) is 0.829. The first-order chi connectivity index (χ1) is 12.4. The Labute approximate surface area is 153 Å². The van der Waals surface area contributed by atoms with Crippen LogP contribution in [-0.2, 0) is 17.9 Å². The zero-order chi connectivity index (χ0) is 18.5. The second-order valence-electron chi connectivity index (χ2n) is 8.35. The number of hydrogen-bond donors (Lipinski definition) is 2. The van der Waals surface area contributed by atoms with Crippen LogP contribution in [-0.4, -0.2) is 26.3 Å². The molecule has 26 heavy (non-hydrogen) atoms. The summed E-state index contributed by atoms with van der Waals surface area (Å²) < 4.78 is 1.75. The molecule has 2 saturated carbocycles. The number of hydrogen-bond acceptors (Lipinski definition) is 4. The zero-order valence-electron chi connectivity index (χ0n) is 15.6. The van der Waals surface area contributed by atoms with Crippen LogP contribution >= 0.6 is 0 Å². The lowest BCUT2D eigenvalue weighted by Crippen LogP contribution is -2.34. The van der Waals surface area contributed by atoms with Crippen LogP contribution in [0.2, 0.25) is 0 Å². The minimum atomic E-state index is -0.204. The van der Waals surface area contributed by atoms with Gasteiger partial charge in [-0.1, -0.05) is 32.9 Å². The van der Waals surface area contributed by atoms with Gasteiger partial charge in [0.2, 0.25) is 0 Å². The molecule has 4 rings (SSSR count). The third-order valence-corrected chi connectivity index (χ3v) is 7.00. The Hall–Kier alpha value is -2.21. The van der Waals surface area contributed by atoms with Gasteiger partial charge in [-0.2, -0.15) is 5.10 Å². The Morgan fingerprint density at radius 3 is 2.81 bits per heavy atom. The van der Waals surface area contributed by atoms with Crippen LogP contribution in [0.15, 0.2) is 29.4 Å². The first-order valence-corrected chi connectivity index (χ1v) is 9.27. The molecule has 2 aliphatic carbocycles. The number of aromatic nitrogens is 2. The monoisotopic (exact) mass is 354 g/mol. The van der Waals surface area contributed by atoms with Gasteiger partial charge in [0.05, 0.1) is 11.0 Å². The van der Waals surface area contributed by atoms with Crippen molar-refractivity contribution < 1.29 is 9.90 Å². The molecule has 2 aromatic rings. The lowest BCUT2D eigenvalue weighted by atomic mass is 9.70. The number of amides is 1. The van der Waals surface area contributed by atoms with E-state index in [-0.39, 0.29) is 29.9 Å². The van der Waals surface area contributed by atoms with E-state index in [1.165, 1.54) is 6.42 Å². The Bertz CT molecular complexity index is 898. The van der Waals surface area contributed by atoms with Gasteiger partial charge in [-0.15, -0.1) is 0 Å². The van der Waals surface area contributed by atoms with E-state index in [1.54, 1.807) is 4.57 Å². The molecular weight excluding hydrogens is 328 g/mol. The van der Waals surface area contributed by atoms with Crippen LogP contribution in [0.4, 0.5) is 0 Å². The van der Waals surface area contributed by atoms with Gasteiger partial charge in [-0.25, -0.2) is 10.4 Å². The maximum atomic E-state index is 12.5. The second-order valence-corrected chi connectivity index (χ2v) is 8.35. The minimum absolute atomic E-state index is 0.0723. The first-order valence-electron chi connectivity index (χ1n) is 9.27. The van der Waals surface area contributed by atoms with Crippen molar-refractivity contribution in [2.24, 2.45) is 21.8 Å². The normalized spacial score (nSPS) is 28.2. The van der Waals surface area contributed by atoms with E-state index in [4.69, 9.17) is 0 Å². The molecule has 0 aliphatic heterocycles. The van der Waals surface area contributed by atoms with Gasteiger partial charge in [-0.3, -0.25) is 4.79 Å². The fraction of sp³-hybridized carbons (Fsp3) is 0.550. The molecule has 138 valence electrons. The number of carbonyl (C=O) groups excluding carboxylic acids is 1. The summed E-state index contributed by atoms with van der Waals surface area (Å²) >= 11 is 0. The van der Waals surface area contributed by atoms with Crippen molar-refractivity contribution in [3.8, 4) is 0 Å². The van der Waals surface area contributed by atoms with Crippen LogP contribution < -0.4 is 5.43 Å². The van der Waals surface area contributed by atoms with Gasteiger partial charge >= 0.3 is 0 Å². The van der Waals surface area contributed by atoms with Crippen LogP contribution in [0.25, 0.3) is 11.0 Å². The second kappa shape index (κ2) is 5.91. The lowest BCUT2D eigenvalue weighted by molar-refractivity contribution is -0.121. The van der Waals surface area contributed by atoms with Crippen molar-refractivity contribution in [1.29, 1.82) is 0 Å². The molecule has 2 bridgehead atoms. The van der Waals surface area contributed by atoms with Gasteiger partial charge < -0.3 is 9.67 Å². The summed E-state index contributed by atoms with van der Waals surface area (Å²) in [4.78, 5) is 16.9. The Morgan fingerprint density at radius 2 is 2.15 bits per heavy atom. The molecule has 2 unspecified atom stereocenters. The maximum Gasteiger partial charge on any atom is 0.260 e. The number of aliphatic hydroxyl groups is 1. The van der Waals surface area contributed by atoms with Crippen molar-refractivity contribution >= 4 is 22.7 Å². The van der Waals surface area contributed by atoms with Crippen molar-refractivity contribution in [3.63, 3.8) is 0 Å². The SMILES string of the molecule is CC12CCC(C/C1=N\NC(=O)Cn1c(CO)nc3ccccc31)C2(C)C. The number of aliphatic hydroxyl groups excluding tert-OH is 1. The lowest BCUT2D eigenvalue weighted by Gasteiger charge is -2.34. The van der Waals surface area contributed by atoms with E-state index in [2.05, 4.69) is 36.3 Å². The van der Waals surface area contributed by atoms with Gasteiger partial charge in [0.25, 0.3) is 5.91 Å². The van der Waals surface area contributed by atoms with Gasteiger partial charge in [0.15, 0.2) is 0 Å². The molecule has 1 amide bonds. The average molecular weight is 354 g/mol. The minimum Gasteiger partial charge on any atom is -0.388 e. The van der Waals surface area contributed by atoms with Crippen molar-refractivity contribution in [1.82, 2.24) is 15.0 Å². The van der Waals surface area contributed by atoms with E-state index in [9.17, 15) is 9.90 Å². The maximum absolute atomic E-state index is 12.5. The molecule has 0 spiro atoms. The highest BCUT2D eigenvalue weighted by atomic mass is 16.3. The smallest absolute Gasteiger partial charge is 0.260 e. The highest BCUT2D eigenvalue weighted by molar-refractivity contribution is 5.95. The molecule has 1 aromatic heterocycles. The topological polar surface area (TPSA) is 79.5 Å². The van der Waals surface area contributed by atoms with Crippen molar-refractivity contribution in [2.75, 3.05) is 0 Å². The molecule has 1 aromatic carbocycles. The first kappa shape index (κ1) is 17.2. The zero-order valence-corrected chi connectivity index (χ0v) is 15.6. The standard InChI is InChI=1S/C20H26N4O2/c1-19(2)13-8-9-20(19,3)16(10-13)22-23-18(26)11-24-15-7-5-4-6-14(15)21-17(24)12-25/h4-7,13,25H,8-12H2,1-3H3,(H,23,26)/b22-16+. The summed E-state index contributed by atoms with van der Waals surface area (Å²) in [5.41, 5.74) is 5.79. The number of hydrazone groups is 1. The summed E-state index contributed by atoms with van der Waals surface area (Å²) in [5, 5.41) is 14.1. The summed E-state index contributed by atoms with van der Waals surface area (Å²) in [5.74, 6) is 0.947. The van der Waals surface area contributed by atoms with E-state index in [0.717, 1.165) is 29.6 Å². The third-order valence-electron chi connectivity index (χ3n) is 7.00. The molecule has 6 nitrogen and oxygen atoms in total. The number of imidazole rings is 1. The Morgan fingerprint density at radius 1 is 1.38 bits per heavy atom. The number of nitrogens with one attached hydrogen (secondary N) is 1.